The van der Waals surface area contributed by atoms with Gasteiger partial charge in [-0.2, -0.15) is 4.68 Å². The van der Waals surface area contributed by atoms with Crippen molar-refractivity contribution in [2.75, 3.05) is 17.7 Å². The number of carbonyl (C=O) groups excluding carboxylic acids is 2. The summed E-state index contributed by atoms with van der Waals surface area (Å²) in [7, 11) is 0. The Morgan fingerprint density at radius 3 is 2.69 bits per heavy atom. The van der Waals surface area contributed by atoms with E-state index in [-0.39, 0.29) is 5.75 Å². The van der Waals surface area contributed by atoms with E-state index >= 15 is 0 Å². The number of thioether (sulfide) groups is 1. The first-order valence-corrected chi connectivity index (χ1v) is 10.3. The predicted molar refractivity (Wildman–Crippen MR) is 112 cm³/mol. The van der Waals surface area contributed by atoms with Gasteiger partial charge in [0, 0.05) is 10.2 Å². The predicted octanol–water partition coefficient (Wildman–Crippen LogP) is 3.26. The number of hydrogen-bond donors (Lipinski definition) is 2. The maximum Gasteiger partial charge on any atom is 0.325 e. The van der Waals surface area contributed by atoms with E-state index in [1.165, 1.54) is 4.68 Å². The Bertz CT molecular complexity index is 995. The lowest BCUT2D eigenvalue weighted by Crippen LogP contribution is -2.35. The zero-order valence-corrected chi connectivity index (χ0v) is 17.7. The molecule has 0 saturated carbocycles. The first kappa shape index (κ1) is 20.8. The number of rotatable bonds is 7. The van der Waals surface area contributed by atoms with Crippen LogP contribution in [0.15, 0.2) is 58.2 Å². The maximum atomic E-state index is 12.1. The van der Waals surface area contributed by atoms with Crippen LogP contribution >= 0.6 is 27.7 Å². The van der Waals surface area contributed by atoms with E-state index in [0.717, 1.165) is 16.2 Å². The number of anilines is 1. The lowest BCUT2D eigenvalue weighted by atomic mass is 10.3. The number of urea groups is 1. The topological polar surface area (TPSA) is 111 Å². The summed E-state index contributed by atoms with van der Waals surface area (Å²) in [6.07, 6.45) is 0. The monoisotopic (exact) mass is 476 g/mol. The van der Waals surface area contributed by atoms with Gasteiger partial charge in [0.05, 0.1) is 12.4 Å². The summed E-state index contributed by atoms with van der Waals surface area (Å²) >= 11 is 4.42. The molecule has 2 N–H and O–H groups in total. The van der Waals surface area contributed by atoms with Gasteiger partial charge < -0.3 is 10.1 Å². The average molecular weight is 477 g/mol. The third-order valence-electron chi connectivity index (χ3n) is 3.52. The minimum absolute atomic E-state index is 0.0368. The number of hydrogen-bond acceptors (Lipinski definition) is 7. The summed E-state index contributed by atoms with van der Waals surface area (Å²) in [4.78, 5) is 24.1. The van der Waals surface area contributed by atoms with Gasteiger partial charge in [-0.3, -0.25) is 10.1 Å². The van der Waals surface area contributed by atoms with Crippen LogP contribution < -0.4 is 15.4 Å². The first-order valence-electron chi connectivity index (χ1n) is 8.56. The van der Waals surface area contributed by atoms with Gasteiger partial charge in [0.2, 0.25) is 11.1 Å². The zero-order valence-electron chi connectivity index (χ0n) is 15.3. The Hall–Kier alpha value is -2.92. The fraction of sp³-hybridized carbons (Fsp3) is 0.167. The van der Waals surface area contributed by atoms with Gasteiger partial charge in [-0.1, -0.05) is 39.8 Å². The standard InChI is InChI=1S/C18H17BrN6O3S/c1-2-28-15-6-4-3-5-14(15)25-18(22-23-24-25)29-11-16(26)21-17(27)20-13-9-7-12(19)8-10-13/h3-10H,2,11H2,1H3,(H2,20,21,26,27). The lowest BCUT2D eigenvalue weighted by Gasteiger charge is -2.10. The Balaban J connectivity index is 1.58. The summed E-state index contributed by atoms with van der Waals surface area (Å²) in [6.45, 7) is 2.38. The van der Waals surface area contributed by atoms with E-state index in [1.807, 2.05) is 31.2 Å². The average Bonchev–Trinajstić information content (AvgIpc) is 3.17. The van der Waals surface area contributed by atoms with Crippen LogP contribution in [0.4, 0.5) is 10.5 Å². The van der Waals surface area contributed by atoms with Crippen LogP contribution in [0.3, 0.4) is 0 Å². The fourth-order valence-electron chi connectivity index (χ4n) is 2.32. The van der Waals surface area contributed by atoms with Crippen LogP contribution in [0.2, 0.25) is 0 Å². The Kier molecular flexibility index (Phi) is 7.19. The third kappa shape index (κ3) is 5.78. The van der Waals surface area contributed by atoms with E-state index < -0.39 is 11.9 Å². The molecule has 0 aliphatic heterocycles. The molecule has 150 valence electrons. The van der Waals surface area contributed by atoms with Crippen molar-refractivity contribution in [1.29, 1.82) is 0 Å². The molecule has 11 heteroatoms. The number of benzene rings is 2. The normalized spacial score (nSPS) is 10.4. The van der Waals surface area contributed by atoms with Crippen molar-refractivity contribution in [2.45, 2.75) is 12.1 Å². The summed E-state index contributed by atoms with van der Waals surface area (Å²) in [5.41, 5.74) is 1.23. The van der Waals surface area contributed by atoms with Crippen molar-refractivity contribution in [3.8, 4) is 11.4 Å². The van der Waals surface area contributed by atoms with Crippen LogP contribution in [0.1, 0.15) is 6.92 Å². The van der Waals surface area contributed by atoms with Crippen LogP contribution in [0, 0.1) is 0 Å². The Morgan fingerprint density at radius 2 is 1.93 bits per heavy atom. The molecule has 3 amide bonds. The number of aromatic nitrogens is 4. The van der Waals surface area contributed by atoms with Crippen LogP contribution in [0.5, 0.6) is 5.75 Å². The van der Waals surface area contributed by atoms with Gasteiger partial charge in [0.15, 0.2) is 0 Å². The number of nitrogens with zero attached hydrogens (tertiary/aromatic N) is 4. The number of amides is 3. The van der Waals surface area contributed by atoms with Crippen molar-refractivity contribution < 1.29 is 14.3 Å². The number of tetrazole rings is 1. The highest BCUT2D eigenvalue weighted by atomic mass is 79.9. The second-order valence-electron chi connectivity index (χ2n) is 5.57. The molecule has 0 saturated heterocycles. The highest BCUT2D eigenvalue weighted by molar-refractivity contribution is 9.10. The lowest BCUT2D eigenvalue weighted by molar-refractivity contribution is -0.117. The van der Waals surface area contributed by atoms with Crippen LogP contribution in [-0.2, 0) is 4.79 Å². The number of halogens is 1. The second kappa shape index (κ2) is 10.0. The molecule has 0 radical (unpaired) electrons. The van der Waals surface area contributed by atoms with Gasteiger partial charge in [-0.15, -0.1) is 5.10 Å². The fourth-order valence-corrected chi connectivity index (χ4v) is 3.27. The molecule has 2 aromatic carbocycles. The highest BCUT2D eigenvalue weighted by Crippen LogP contribution is 2.25. The Labute approximate surface area is 179 Å². The van der Waals surface area contributed by atoms with Crippen molar-refractivity contribution in [3.63, 3.8) is 0 Å². The van der Waals surface area contributed by atoms with E-state index in [0.29, 0.717) is 28.9 Å². The Morgan fingerprint density at radius 1 is 1.17 bits per heavy atom. The molecular formula is C18H17BrN6O3S. The molecule has 0 aliphatic carbocycles. The summed E-state index contributed by atoms with van der Waals surface area (Å²) in [6, 6.07) is 13.7. The summed E-state index contributed by atoms with van der Waals surface area (Å²) in [5.74, 6) is 0.116. The zero-order chi connectivity index (χ0) is 20.6. The number of nitrogens with one attached hydrogen (secondary N) is 2. The molecule has 0 unspecified atom stereocenters. The van der Waals surface area contributed by atoms with Gasteiger partial charge >= 0.3 is 6.03 Å². The smallest absolute Gasteiger partial charge is 0.325 e. The molecule has 0 aliphatic rings. The number of imide groups is 1. The minimum Gasteiger partial charge on any atom is -0.492 e. The first-order chi connectivity index (χ1) is 14.1. The molecule has 0 bridgehead atoms. The molecule has 0 atom stereocenters. The molecule has 29 heavy (non-hydrogen) atoms. The minimum atomic E-state index is -0.612. The number of ether oxygens (including phenoxy) is 1. The third-order valence-corrected chi connectivity index (χ3v) is 4.97. The van der Waals surface area contributed by atoms with E-state index in [4.69, 9.17) is 4.74 Å². The van der Waals surface area contributed by atoms with Crippen molar-refractivity contribution in [3.05, 3.63) is 53.0 Å². The molecule has 1 heterocycles. The van der Waals surface area contributed by atoms with Crippen molar-refractivity contribution in [2.24, 2.45) is 0 Å². The molecule has 1 aromatic heterocycles. The van der Waals surface area contributed by atoms with Gasteiger partial charge in [0.1, 0.15) is 11.4 Å². The number of carbonyl (C=O) groups is 2. The summed E-state index contributed by atoms with van der Waals surface area (Å²) in [5, 5.41) is 16.9. The summed E-state index contributed by atoms with van der Waals surface area (Å²) < 4.78 is 7.98. The molecule has 3 rings (SSSR count). The molecular weight excluding hydrogens is 460 g/mol. The largest absolute Gasteiger partial charge is 0.492 e. The van der Waals surface area contributed by atoms with Crippen LogP contribution in [0.25, 0.3) is 5.69 Å². The molecule has 0 spiro atoms. The molecule has 3 aromatic rings. The van der Waals surface area contributed by atoms with E-state index in [9.17, 15) is 9.59 Å². The van der Waals surface area contributed by atoms with Crippen molar-refractivity contribution in [1.82, 2.24) is 25.5 Å². The van der Waals surface area contributed by atoms with Crippen molar-refractivity contribution >= 4 is 45.3 Å². The molecule has 9 nitrogen and oxygen atoms in total. The quantitative estimate of drug-likeness (QED) is 0.503. The second-order valence-corrected chi connectivity index (χ2v) is 7.43. The van der Waals surface area contributed by atoms with Gasteiger partial charge in [-0.25, -0.2) is 4.79 Å². The number of para-hydroxylation sites is 2. The van der Waals surface area contributed by atoms with E-state index in [1.54, 1.807) is 24.3 Å². The van der Waals surface area contributed by atoms with Gasteiger partial charge in [-0.05, 0) is 53.7 Å². The molecule has 0 fully saturated rings. The van der Waals surface area contributed by atoms with Gasteiger partial charge in [0.25, 0.3) is 0 Å². The van der Waals surface area contributed by atoms with Crippen LogP contribution in [-0.4, -0.2) is 44.5 Å². The highest BCUT2D eigenvalue weighted by Gasteiger charge is 2.16. The maximum absolute atomic E-state index is 12.1. The van der Waals surface area contributed by atoms with E-state index in [2.05, 4.69) is 42.1 Å². The SMILES string of the molecule is CCOc1ccccc1-n1nnnc1SCC(=O)NC(=O)Nc1ccc(Br)cc1.